The molecule has 3 heterocycles. The third-order valence-electron chi connectivity index (χ3n) is 3.39. The average Bonchev–Trinajstić information content (AvgIpc) is 2.88. The van der Waals surface area contributed by atoms with E-state index in [0.717, 1.165) is 17.8 Å². The number of ether oxygens (including phenoxy) is 1. The molecule has 21 heavy (non-hydrogen) atoms. The van der Waals surface area contributed by atoms with Gasteiger partial charge in [0.2, 0.25) is 11.8 Å². The number of imidazole rings is 1. The fourth-order valence-electron chi connectivity index (χ4n) is 2.52. The van der Waals surface area contributed by atoms with Gasteiger partial charge in [-0.3, -0.25) is 14.3 Å². The second-order valence-corrected chi connectivity index (χ2v) is 5.24. The van der Waals surface area contributed by atoms with Gasteiger partial charge in [0.05, 0.1) is 6.33 Å². The van der Waals surface area contributed by atoms with Gasteiger partial charge in [-0.15, -0.1) is 0 Å². The monoisotopic (exact) mass is 301 g/mol. The van der Waals surface area contributed by atoms with Crippen molar-refractivity contribution < 1.29 is 18.6 Å². The van der Waals surface area contributed by atoms with Crippen LogP contribution in [0.5, 0.6) is 0 Å². The van der Waals surface area contributed by atoms with Crippen LogP contribution in [0.1, 0.15) is 19.6 Å². The van der Waals surface area contributed by atoms with Crippen LogP contribution in [0.2, 0.25) is 0 Å². The predicted octanol–water partition coefficient (Wildman–Crippen LogP) is 0.00700. The summed E-state index contributed by atoms with van der Waals surface area (Å²) in [5, 5.41) is 8.99. The maximum atomic E-state index is 14.6. The van der Waals surface area contributed by atoms with E-state index in [1.807, 2.05) is 0 Å². The van der Waals surface area contributed by atoms with Crippen molar-refractivity contribution in [2.24, 2.45) is 0 Å². The van der Waals surface area contributed by atoms with E-state index in [1.54, 1.807) is 0 Å². The van der Waals surface area contributed by atoms with Gasteiger partial charge in [-0.25, -0.2) is 13.8 Å². The minimum absolute atomic E-state index is 0.0210. The number of halogens is 2. The lowest BCUT2D eigenvalue weighted by Gasteiger charge is -2.22. The topological polar surface area (TPSA) is 119 Å². The molecule has 3 atom stereocenters. The van der Waals surface area contributed by atoms with Crippen LogP contribution < -0.4 is 11.3 Å². The van der Waals surface area contributed by atoms with Gasteiger partial charge in [-0.05, 0) is 6.92 Å². The Morgan fingerprint density at radius 2 is 2.38 bits per heavy atom. The molecule has 8 nitrogen and oxygen atoms in total. The maximum absolute atomic E-state index is 14.6. The van der Waals surface area contributed by atoms with Crippen LogP contribution >= 0.6 is 0 Å². The second kappa shape index (κ2) is 4.21. The summed E-state index contributed by atoms with van der Waals surface area (Å²) in [6.45, 7) is 0.156. The van der Waals surface area contributed by atoms with Gasteiger partial charge < -0.3 is 15.6 Å². The molecule has 10 heteroatoms. The molecule has 0 aromatic carbocycles. The van der Waals surface area contributed by atoms with Crippen LogP contribution in [0.25, 0.3) is 11.2 Å². The van der Waals surface area contributed by atoms with E-state index in [-0.39, 0.29) is 17.1 Å². The van der Waals surface area contributed by atoms with Crippen molar-refractivity contribution >= 4 is 17.1 Å². The highest BCUT2D eigenvalue weighted by Gasteiger charge is 2.56. The Kier molecular flexibility index (Phi) is 2.79. The summed E-state index contributed by atoms with van der Waals surface area (Å²) < 4.78 is 34.7. The predicted molar refractivity (Wildman–Crippen MR) is 67.7 cm³/mol. The molecule has 3 rings (SSSR count). The SMILES string of the molecule is C[C@@]1(F)C[C@@](F)(CO)O[C@H]1n1cnc2c(=O)[nH]c(N)nc21. The molecule has 0 spiro atoms. The Morgan fingerprint density at radius 3 is 3.00 bits per heavy atom. The van der Waals surface area contributed by atoms with E-state index in [0.29, 0.717) is 0 Å². The van der Waals surface area contributed by atoms with Crippen molar-refractivity contribution in [3.05, 3.63) is 16.7 Å². The number of aromatic nitrogens is 4. The lowest BCUT2D eigenvalue weighted by atomic mass is 10.0. The molecule has 1 fully saturated rings. The summed E-state index contributed by atoms with van der Waals surface area (Å²) in [5.74, 6) is -2.68. The number of fused-ring (bicyclic) bond motifs is 1. The van der Waals surface area contributed by atoms with Crippen molar-refractivity contribution in [1.29, 1.82) is 0 Å². The second-order valence-electron chi connectivity index (χ2n) is 5.24. The van der Waals surface area contributed by atoms with Gasteiger partial charge in [0.1, 0.15) is 6.61 Å². The minimum atomic E-state index is -2.50. The first-order valence-corrected chi connectivity index (χ1v) is 6.15. The van der Waals surface area contributed by atoms with Gasteiger partial charge >= 0.3 is 0 Å². The van der Waals surface area contributed by atoms with Crippen molar-refractivity contribution in [3.63, 3.8) is 0 Å². The number of nitrogens with zero attached hydrogens (tertiary/aromatic N) is 3. The Labute approximate surface area is 116 Å². The smallest absolute Gasteiger partial charge is 0.280 e. The Bertz CT molecular complexity index is 758. The zero-order chi connectivity index (χ0) is 15.4. The number of hydrogen-bond acceptors (Lipinski definition) is 6. The summed E-state index contributed by atoms with van der Waals surface area (Å²) >= 11 is 0. The quantitative estimate of drug-likeness (QED) is 0.718. The molecule has 2 aromatic heterocycles. The number of nitrogen functional groups attached to an aromatic ring is 1. The summed E-state index contributed by atoms with van der Waals surface area (Å²) in [5.41, 5.74) is 2.64. The number of hydrogen-bond donors (Lipinski definition) is 3. The number of anilines is 1. The van der Waals surface area contributed by atoms with Crippen LogP contribution in [-0.2, 0) is 4.74 Å². The molecule has 0 saturated carbocycles. The fraction of sp³-hybridized carbons (Fsp3) is 0.545. The Balaban J connectivity index is 2.15. The number of H-pyrrole nitrogens is 1. The van der Waals surface area contributed by atoms with E-state index < -0.39 is 36.3 Å². The first-order valence-electron chi connectivity index (χ1n) is 6.15. The van der Waals surface area contributed by atoms with Crippen molar-refractivity contribution in [2.75, 3.05) is 12.3 Å². The largest absolute Gasteiger partial charge is 0.390 e. The highest BCUT2D eigenvalue weighted by molar-refractivity contribution is 5.70. The molecular weight excluding hydrogens is 288 g/mol. The number of aliphatic hydroxyl groups is 1. The third-order valence-corrected chi connectivity index (χ3v) is 3.39. The maximum Gasteiger partial charge on any atom is 0.280 e. The lowest BCUT2D eigenvalue weighted by molar-refractivity contribution is -0.180. The van der Waals surface area contributed by atoms with E-state index in [9.17, 15) is 13.6 Å². The highest BCUT2D eigenvalue weighted by atomic mass is 19.2. The lowest BCUT2D eigenvalue weighted by Crippen LogP contribution is -2.28. The summed E-state index contributed by atoms with van der Waals surface area (Å²) in [6, 6.07) is 0. The number of nitrogens with two attached hydrogens (primary N) is 1. The zero-order valence-corrected chi connectivity index (χ0v) is 11.0. The molecule has 0 bridgehead atoms. The number of alkyl halides is 2. The van der Waals surface area contributed by atoms with E-state index in [2.05, 4.69) is 15.0 Å². The number of aromatic amines is 1. The standard InChI is InChI=1S/C11H13F2N5O3/c1-10(12)2-11(13,3-19)21-8(10)18-4-15-5-6(18)16-9(14)17-7(5)20/h4,8,19H,2-3H2,1H3,(H3,14,16,17,20)/t8-,10-,11+/m1/s1. The molecule has 2 aromatic rings. The van der Waals surface area contributed by atoms with Crippen LogP contribution in [0.3, 0.4) is 0 Å². The van der Waals surface area contributed by atoms with Gasteiger partial charge in [-0.1, -0.05) is 0 Å². The first-order chi connectivity index (χ1) is 9.76. The van der Waals surface area contributed by atoms with Gasteiger partial charge in [0.15, 0.2) is 23.1 Å². The molecule has 114 valence electrons. The third kappa shape index (κ3) is 2.07. The van der Waals surface area contributed by atoms with Crippen LogP contribution in [0, 0.1) is 0 Å². The van der Waals surface area contributed by atoms with E-state index in [4.69, 9.17) is 15.6 Å². The first kappa shape index (κ1) is 13.9. The number of aliphatic hydroxyl groups excluding tert-OH is 1. The number of rotatable bonds is 2. The Morgan fingerprint density at radius 1 is 1.67 bits per heavy atom. The molecular formula is C11H13F2N5O3. The summed E-state index contributed by atoms with van der Waals surface area (Å²) in [6.07, 6.45) is -0.953. The van der Waals surface area contributed by atoms with Gasteiger partial charge in [-0.2, -0.15) is 4.98 Å². The van der Waals surface area contributed by atoms with Crippen molar-refractivity contribution in [2.45, 2.75) is 31.1 Å². The van der Waals surface area contributed by atoms with Gasteiger partial charge in [0, 0.05) is 6.42 Å². The highest BCUT2D eigenvalue weighted by Crippen LogP contribution is 2.47. The normalized spacial score (nSPS) is 32.9. The van der Waals surface area contributed by atoms with Crippen molar-refractivity contribution in [1.82, 2.24) is 19.5 Å². The van der Waals surface area contributed by atoms with Crippen LogP contribution in [0.4, 0.5) is 14.7 Å². The number of nitrogens with one attached hydrogen (secondary N) is 1. The molecule has 0 unspecified atom stereocenters. The molecule has 1 aliphatic rings. The molecule has 0 radical (unpaired) electrons. The zero-order valence-electron chi connectivity index (χ0n) is 11.0. The van der Waals surface area contributed by atoms with Crippen molar-refractivity contribution in [3.8, 4) is 0 Å². The molecule has 1 saturated heterocycles. The summed E-state index contributed by atoms with van der Waals surface area (Å²) in [7, 11) is 0. The summed E-state index contributed by atoms with van der Waals surface area (Å²) in [4.78, 5) is 21.6. The fourth-order valence-corrected chi connectivity index (χ4v) is 2.52. The van der Waals surface area contributed by atoms with E-state index >= 15 is 0 Å². The molecule has 4 N–H and O–H groups in total. The van der Waals surface area contributed by atoms with Gasteiger partial charge in [0.25, 0.3) is 5.56 Å². The van der Waals surface area contributed by atoms with E-state index in [1.165, 1.54) is 0 Å². The average molecular weight is 301 g/mol. The Hall–Kier alpha value is -2.07. The van der Waals surface area contributed by atoms with Crippen LogP contribution in [0.15, 0.2) is 11.1 Å². The molecule has 1 aliphatic heterocycles. The minimum Gasteiger partial charge on any atom is -0.390 e. The molecule has 0 aliphatic carbocycles. The van der Waals surface area contributed by atoms with Crippen LogP contribution in [-0.4, -0.2) is 42.8 Å². The molecule has 0 amide bonds.